The van der Waals surface area contributed by atoms with Crippen LogP contribution in [0.25, 0.3) is 0 Å². The van der Waals surface area contributed by atoms with Gasteiger partial charge < -0.3 is 10.1 Å². The van der Waals surface area contributed by atoms with Gasteiger partial charge in [0.2, 0.25) is 0 Å². The molecular formula is C12H15BrClNO2S. The standard InChI is InChI=1S/C12H15BrClNO2S/c1-8-6-18-10(9(8)14)11(16)15-12(7-13)2-4-17-5-3-12/h6H,2-5,7H2,1H3,(H,15,16). The first-order valence-corrected chi connectivity index (χ1v) is 8.16. The number of thiophene rings is 1. The molecule has 100 valence electrons. The molecular weight excluding hydrogens is 338 g/mol. The second-order valence-electron chi connectivity index (χ2n) is 4.54. The summed E-state index contributed by atoms with van der Waals surface area (Å²) < 4.78 is 5.35. The number of aryl methyl sites for hydroxylation is 1. The summed E-state index contributed by atoms with van der Waals surface area (Å²) in [5, 5.41) is 6.31. The van der Waals surface area contributed by atoms with Crippen molar-refractivity contribution in [3.8, 4) is 0 Å². The molecule has 0 aromatic carbocycles. The average Bonchev–Trinajstić information content (AvgIpc) is 2.71. The number of alkyl halides is 1. The van der Waals surface area contributed by atoms with Crippen LogP contribution in [0.15, 0.2) is 5.38 Å². The minimum absolute atomic E-state index is 0.0838. The van der Waals surface area contributed by atoms with Crippen LogP contribution in [0, 0.1) is 6.92 Å². The van der Waals surface area contributed by atoms with Gasteiger partial charge in [-0.2, -0.15) is 0 Å². The van der Waals surface area contributed by atoms with E-state index in [1.807, 2.05) is 12.3 Å². The van der Waals surface area contributed by atoms with Crippen LogP contribution >= 0.6 is 38.9 Å². The van der Waals surface area contributed by atoms with Crippen molar-refractivity contribution >= 4 is 44.8 Å². The fourth-order valence-corrected chi connectivity index (χ4v) is 3.81. The van der Waals surface area contributed by atoms with E-state index in [0.29, 0.717) is 23.1 Å². The number of carbonyl (C=O) groups excluding carboxylic acids is 1. The Hall–Kier alpha value is -0.100. The van der Waals surface area contributed by atoms with Crippen LogP contribution in [-0.2, 0) is 4.74 Å². The number of amides is 1. The summed E-state index contributed by atoms with van der Waals surface area (Å²) in [5.41, 5.74) is 0.739. The lowest BCUT2D eigenvalue weighted by molar-refractivity contribution is 0.0443. The minimum atomic E-state index is -0.212. The monoisotopic (exact) mass is 351 g/mol. The summed E-state index contributed by atoms with van der Waals surface area (Å²) in [6.07, 6.45) is 1.65. The Balaban J connectivity index is 2.12. The maximum atomic E-state index is 12.3. The molecule has 0 aliphatic carbocycles. The van der Waals surface area contributed by atoms with Crippen LogP contribution in [0.1, 0.15) is 28.1 Å². The molecule has 0 radical (unpaired) electrons. The van der Waals surface area contributed by atoms with Gasteiger partial charge in [-0.3, -0.25) is 4.79 Å². The lowest BCUT2D eigenvalue weighted by Crippen LogP contribution is -2.53. The molecule has 3 nitrogen and oxygen atoms in total. The Morgan fingerprint density at radius 1 is 1.61 bits per heavy atom. The third kappa shape index (κ3) is 2.90. The summed E-state index contributed by atoms with van der Waals surface area (Å²) in [6.45, 7) is 3.27. The van der Waals surface area contributed by atoms with Gasteiger partial charge in [0, 0.05) is 18.5 Å². The molecule has 6 heteroatoms. The van der Waals surface area contributed by atoms with Crippen molar-refractivity contribution in [3.63, 3.8) is 0 Å². The zero-order chi connectivity index (χ0) is 13.2. The highest BCUT2D eigenvalue weighted by Crippen LogP contribution is 2.29. The van der Waals surface area contributed by atoms with Gasteiger partial charge in [0.25, 0.3) is 5.91 Å². The van der Waals surface area contributed by atoms with E-state index in [1.54, 1.807) is 0 Å². The topological polar surface area (TPSA) is 38.3 Å². The summed E-state index contributed by atoms with van der Waals surface area (Å²) >= 11 is 11.0. The van der Waals surface area contributed by atoms with Crippen molar-refractivity contribution in [3.05, 3.63) is 20.8 Å². The van der Waals surface area contributed by atoms with E-state index in [1.165, 1.54) is 11.3 Å². The summed E-state index contributed by atoms with van der Waals surface area (Å²) in [6, 6.07) is 0. The van der Waals surface area contributed by atoms with Gasteiger partial charge in [0.1, 0.15) is 4.88 Å². The fraction of sp³-hybridized carbons (Fsp3) is 0.583. The number of hydrogen-bond acceptors (Lipinski definition) is 3. The van der Waals surface area contributed by atoms with Gasteiger partial charge in [-0.05, 0) is 30.7 Å². The van der Waals surface area contributed by atoms with Crippen LogP contribution in [0.3, 0.4) is 0 Å². The number of halogens is 2. The van der Waals surface area contributed by atoms with E-state index >= 15 is 0 Å². The molecule has 1 aromatic heterocycles. The van der Waals surface area contributed by atoms with Crippen LogP contribution in [0.2, 0.25) is 5.02 Å². The van der Waals surface area contributed by atoms with Gasteiger partial charge in [0.15, 0.2) is 0 Å². The zero-order valence-corrected chi connectivity index (χ0v) is 13.3. The summed E-state index contributed by atoms with van der Waals surface area (Å²) in [7, 11) is 0. The Morgan fingerprint density at radius 3 is 2.78 bits per heavy atom. The molecule has 2 heterocycles. The average molecular weight is 353 g/mol. The van der Waals surface area contributed by atoms with E-state index in [-0.39, 0.29) is 11.4 Å². The molecule has 2 rings (SSSR count). The zero-order valence-electron chi connectivity index (χ0n) is 10.1. The lowest BCUT2D eigenvalue weighted by atomic mass is 9.92. The number of carbonyl (C=O) groups is 1. The van der Waals surface area contributed by atoms with Crippen molar-refractivity contribution in [2.75, 3.05) is 18.5 Å². The molecule has 18 heavy (non-hydrogen) atoms. The SMILES string of the molecule is Cc1csc(C(=O)NC2(CBr)CCOCC2)c1Cl. The van der Waals surface area contributed by atoms with Gasteiger partial charge >= 0.3 is 0 Å². The van der Waals surface area contributed by atoms with E-state index in [0.717, 1.165) is 23.7 Å². The van der Waals surface area contributed by atoms with Crippen LogP contribution < -0.4 is 5.32 Å². The summed E-state index contributed by atoms with van der Waals surface area (Å²) in [5.74, 6) is -0.0838. The van der Waals surface area contributed by atoms with Crippen LogP contribution in [0.5, 0.6) is 0 Å². The Labute approximate surface area is 124 Å². The van der Waals surface area contributed by atoms with E-state index in [2.05, 4.69) is 21.2 Å². The molecule has 0 saturated carbocycles. The van der Waals surface area contributed by atoms with Crippen molar-refractivity contribution < 1.29 is 9.53 Å². The predicted molar refractivity (Wildman–Crippen MR) is 78.1 cm³/mol. The van der Waals surface area contributed by atoms with E-state index in [9.17, 15) is 4.79 Å². The Morgan fingerprint density at radius 2 is 2.28 bits per heavy atom. The Kier molecular flexibility index (Phi) is 4.69. The molecule has 1 N–H and O–H groups in total. The number of rotatable bonds is 3. The maximum absolute atomic E-state index is 12.3. The predicted octanol–water partition coefficient (Wildman–Crippen LogP) is 3.38. The minimum Gasteiger partial charge on any atom is -0.381 e. The number of hydrogen-bond donors (Lipinski definition) is 1. The highest BCUT2D eigenvalue weighted by Gasteiger charge is 2.34. The van der Waals surface area contributed by atoms with Gasteiger partial charge in [-0.1, -0.05) is 27.5 Å². The summed E-state index contributed by atoms with van der Waals surface area (Å²) in [4.78, 5) is 12.9. The molecule has 1 aromatic rings. The lowest BCUT2D eigenvalue weighted by Gasteiger charge is -2.36. The van der Waals surface area contributed by atoms with Crippen molar-refractivity contribution in [2.24, 2.45) is 0 Å². The first-order valence-electron chi connectivity index (χ1n) is 5.78. The number of nitrogens with one attached hydrogen (secondary N) is 1. The first kappa shape index (κ1) is 14.3. The van der Waals surface area contributed by atoms with Crippen LogP contribution in [0.4, 0.5) is 0 Å². The van der Waals surface area contributed by atoms with Gasteiger partial charge in [-0.15, -0.1) is 11.3 Å². The Bertz CT molecular complexity index is 443. The molecule has 1 fully saturated rings. The third-order valence-electron chi connectivity index (χ3n) is 3.19. The molecule has 0 atom stereocenters. The molecule has 1 saturated heterocycles. The van der Waals surface area contributed by atoms with Crippen molar-refractivity contribution in [1.82, 2.24) is 5.32 Å². The van der Waals surface area contributed by atoms with E-state index < -0.39 is 0 Å². The molecule has 1 amide bonds. The third-order valence-corrected chi connectivity index (χ3v) is 5.96. The second-order valence-corrected chi connectivity index (χ2v) is 6.36. The van der Waals surface area contributed by atoms with E-state index in [4.69, 9.17) is 16.3 Å². The van der Waals surface area contributed by atoms with Crippen molar-refractivity contribution in [2.45, 2.75) is 25.3 Å². The van der Waals surface area contributed by atoms with Gasteiger partial charge in [-0.25, -0.2) is 0 Å². The van der Waals surface area contributed by atoms with Gasteiger partial charge in [0.05, 0.1) is 10.6 Å². The molecule has 0 bridgehead atoms. The quantitative estimate of drug-likeness (QED) is 0.847. The first-order chi connectivity index (χ1) is 8.58. The molecule has 1 aliphatic rings. The normalized spacial score (nSPS) is 18.6. The second kappa shape index (κ2) is 5.90. The van der Waals surface area contributed by atoms with Crippen molar-refractivity contribution in [1.29, 1.82) is 0 Å². The smallest absolute Gasteiger partial charge is 0.263 e. The highest BCUT2D eigenvalue weighted by atomic mass is 79.9. The molecule has 1 aliphatic heterocycles. The largest absolute Gasteiger partial charge is 0.381 e. The van der Waals surface area contributed by atoms with Crippen LogP contribution in [-0.4, -0.2) is 30.0 Å². The number of ether oxygens (including phenoxy) is 1. The highest BCUT2D eigenvalue weighted by molar-refractivity contribution is 9.09. The molecule has 0 unspecified atom stereocenters. The maximum Gasteiger partial charge on any atom is 0.263 e. The fourth-order valence-electron chi connectivity index (χ4n) is 1.93. The molecule has 0 spiro atoms.